The molecule has 0 spiro atoms. The smallest absolute Gasteiger partial charge is 0.222 e. The molecule has 19 heavy (non-hydrogen) atoms. The summed E-state index contributed by atoms with van der Waals surface area (Å²) < 4.78 is 13.1. The van der Waals surface area contributed by atoms with Crippen molar-refractivity contribution in [3.63, 3.8) is 0 Å². The molecule has 0 aromatic heterocycles. The van der Waals surface area contributed by atoms with Gasteiger partial charge in [0, 0.05) is 20.0 Å². The van der Waals surface area contributed by atoms with Crippen LogP contribution in [0, 0.1) is 18.7 Å². The van der Waals surface area contributed by atoms with Gasteiger partial charge >= 0.3 is 0 Å². The lowest BCUT2D eigenvalue weighted by Gasteiger charge is -2.20. The lowest BCUT2D eigenvalue weighted by Crippen LogP contribution is -2.33. The van der Waals surface area contributed by atoms with Gasteiger partial charge in [0.05, 0.1) is 0 Å². The average Bonchev–Trinajstić information content (AvgIpc) is 2.39. The van der Waals surface area contributed by atoms with Crippen molar-refractivity contribution in [3.8, 4) is 0 Å². The van der Waals surface area contributed by atoms with Crippen molar-refractivity contribution in [1.29, 1.82) is 0 Å². The number of carbonyl (C=O) groups is 1. The van der Waals surface area contributed by atoms with Gasteiger partial charge in [-0.25, -0.2) is 4.39 Å². The van der Waals surface area contributed by atoms with E-state index in [9.17, 15) is 9.18 Å². The summed E-state index contributed by atoms with van der Waals surface area (Å²) in [6.07, 6.45) is 1.08. The van der Waals surface area contributed by atoms with E-state index in [1.807, 2.05) is 6.92 Å². The molecular formula is C15H23FN2O. The fourth-order valence-corrected chi connectivity index (χ4v) is 1.95. The Balaban J connectivity index is 2.47. The molecule has 0 aliphatic carbocycles. The molecule has 0 aliphatic heterocycles. The van der Waals surface area contributed by atoms with E-state index in [1.165, 1.54) is 6.07 Å². The highest BCUT2D eigenvalue weighted by Gasteiger charge is 2.11. The number of aryl methyl sites for hydroxylation is 2. The van der Waals surface area contributed by atoms with Gasteiger partial charge in [-0.2, -0.15) is 0 Å². The van der Waals surface area contributed by atoms with E-state index in [2.05, 4.69) is 0 Å². The SMILES string of the molecule is Cc1cc(CCC(=O)N(C)CC(C)CN)ccc1F. The Morgan fingerprint density at radius 2 is 2.16 bits per heavy atom. The molecular weight excluding hydrogens is 243 g/mol. The van der Waals surface area contributed by atoms with Gasteiger partial charge in [-0.1, -0.05) is 19.1 Å². The Bertz CT molecular complexity index is 434. The first-order valence-electron chi connectivity index (χ1n) is 6.63. The summed E-state index contributed by atoms with van der Waals surface area (Å²) in [4.78, 5) is 13.6. The number of benzene rings is 1. The molecule has 0 fully saturated rings. The predicted octanol–water partition coefficient (Wildman–Crippen LogP) is 2.12. The standard InChI is InChI=1S/C15H23FN2O/c1-11(9-17)10-18(3)15(19)7-5-13-4-6-14(16)12(2)8-13/h4,6,8,11H,5,7,9-10,17H2,1-3H3. The molecule has 2 N–H and O–H groups in total. The summed E-state index contributed by atoms with van der Waals surface area (Å²) in [5.74, 6) is 0.202. The maximum absolute atomic E-state index is 13.1. The maximum Gasteiger partial charge on any atom is 0.222 e. The molecule has 1 amide bonds. The molecule has 0 saturated heterocycles. The van der Waals surface area contributed by atoms with E-state index in [1.54, 1.807) is 31.0 Å². The third kappa shape index (κ3) is 4.99. The molecule has 0 radical (unpaired) electrons. The molecule has 0 aliphatic rings. The molecule has 4 heteroatoms. The lowest BCUT2D eigenvalue weighted by atomic mass is 10.1. The Kier molecular flexibility index (Phi) is 5.96. The first-order chi connectivity index (χ1) is 8.93. The number of nitrogens with zero attached hydrogens (tertiary/aromatic N) is 1. The van der Waals surface area contributed by atoms with Crippen LogP contribution in [0.15, 0.2) is 18.2 Å². The fourth-order valence-electron chi connectivity index (χ4n) is 1.95. The molecule has 3 nitrogen and oxygen atoms in total. The number of halogens is 1. The zero-order chi connectivity index (χ0) is 14.4. The second kappa shape index (κ2) is 7.24. The van der Waals surface area contributed by atoms with Crippen LogP contribution in [-0.4, -0.2) is 30.9 Å². The van der Waals surface area contributed by atoms with Crippen molar-refractivity contribution in [2.75, 3.05) is 20.1 Å². The predicted molar refractivity (Wildman–Crippen MR) is 75.3 cm³/mol. The quantitative estimate of drug-likeness (QED) is 0.857. The summed E-state index contributed by atoms with van der Waals surface area (Å²) >= 11 is 0. The van der Waals surface area contributed by atoms with Crippen LogP contribution >= 0.6 is 0 Å². The van der Waals surface area contributed by atoms with Gasteiger partial charge < -0.3 is 10.6 Å². The van der Waals surface area contributed by atoms with E-state index >= 15 is 0 Å². The van der Waals surface area contributed by atoms with Crippen LogP contribution in [0.2, 0.25) is 0 Å². The van der Waals surface area contributed by atoms with Crippen molar-refractivity contribution < 1.29 is 9.18 Å². The third-order valence-corrected chi connectivity index (χ3v) is 3.26. The van der Waals surface area contributed by atoms with Crippen LogP contribution in [0.5, 0.6) is 0 Å². The van der Waals surface area contributed by atoms with E-state index in [0.717, 1.165) is 5.56 Å². The van der Waals surface area contributed by atoms with Crippen LogP contribution in [0.4, 0.5) is 4.39 Å². The second-order valence-electron chi connectivity index (χ2n) is 5.20. The van der Waals surface area contributed by atoms with Gasteiger partial charge in [0.2, 0.25) is 5.91 Å². The normalized spacial score (nSPS) is 12.3. The minimum atomic E-state index is -0.205. The highest BCUT2D eigenvalue weighted by molar-refractivity contribution is 5.76. The van der Waals surface area contributed by atoms with Crippen molar-refractivity contribution in [2.45, 2.75) is 26.7 Å². The number of hydrogen-bond donors (Lipinski definition) is 1. The number of rotatable bonds is 6. The van der Waals surface area contributed by atoms with E-state index in [4.69, 9.17) is 5.73 Å². The highest BCUT2D eigenvalue weighted by atomic mass is 19.1. The van der Waals surface area contributed by atoms with E-state index in [0.29, 0.717) is 37.4 Å². The summed E-state index contributed by atoms with van der Waals surface area (Å²) in [5, 5.41) is 0. The zero-order valence-electron chi connectivity index (χ0n) is 11.9. The number of amides is 1. The minimum Gasteiger partial charge on any atom is -0.345 e. The molecule has 1 aromatic carbocycles. The van der Waals surface area contributed by atoms with Crippen molar-refractivity contribution in [2.24, 2.45) is 11.7 Å². The van der Waals surface area contributed by atoms with Gasteiger partial charge in [0.1, 0.15) is 5.82 Å². The van der Waals surface area contributed by atoms with Crippen LogP contribution in [0.3, 0.4) is 0 Å². The Morgan fingerprint density at radius 1 is 1.47 bits per heavy atom. The van der Waals surface area contributed by atoms with Gasteiger partial charge in [-0.3, -0.25) is 4.79 Å². The van der Waals surface area contributed by atoms with Crippen LogP contribution in [0.1, 0.15) is 24.5 Å². The van der Waals surface area contributed by atoms with Crippen molar-refractivity contribution in [1.82, 2.24) is 4.90 Å². The molecule has 1 aromatic rings. The number of hydrogen-bond acceptors (Lipinski definition) is 2. The minimum absolute atomic E-state index is 0.0993. The zero-order valence-corrected chi connectivity index (χ0v) is 11.9. The molecule has 106 valence electrons. The maximum atomic E-state index is 13.1. The van der Waals surface area contributed by atoms with Gasteiger partial charge in [0.15, 0.2) is 0 Å². The average molecular weight is 266 g/mol. The monoisotopic (exact) mass is 266 g/mol. The Morgan fingerprint density at radius 3 is 2.74 bits per heavy atom. The summed E-state index contributed by atoms with van der Waals surface area (Å²) in [6, 6.07) is 4.98. The van der Waals surface area contributed by atoms with Gasteiger partial charge in [0.25, 0.3) is 0 Å². The Labute approximate surface area is 114 Å². The Hall–Kier alpha value is -1.42. The van der Waals surface area contributed by atoms with Crippen molar-refractivity contribution in [3.05, 3.63) is 35.1 Å². The molecule has 0 bridgehead atoms. The summed E-state index contributed by atoms with van der Waals surface area (Å²) in [5.41, 5.74) is 7.16. The van der Waals surface area contributed by atoms with Gasteiger partial charge in [-0.15, -0.1) is 0 Å². The molecule has 1 atom stereocenters. The van der Waals surface area contributed by atoms with Crippen LogP contribution < -0.4 is 5.73 Å². The summed E-state index contributed by atoms with van der Waals surface area (Å²) in [6.45, 7) is 5.01. The fraction of sp³-hybridized carbons (Fsp3) is 0.533. The molecule has 0 heterocycles. The van der Waals surface area contributed by atoms with Crippen LogP contribution in [0.25, 0.3) is 0 Å². The molecule has 0 saturated carbocycles. The van der Waals surface area contributed by atoms with E-state index in [-0.39, 0.29) is 11.7 Å². The van der Waals surface area contributed by atoms with Gasteiger partial charge in [-0.05, 0) is 43.0 Å². The first kappa shape index (κ1) is 15.6. The van der Waals surface area contributed by atoms with Crippen LogP contribution in [-0.2, 0) is 11.2 Å². The highest BCUT2D eigenvalue weighted by Crippen LogP contribution is 2.11. The summed E-state index contributed by atoms with van der Waals surface area (Å²) in [7, 11) is 1.80. The molecule has 1 rings (SSSR count). The largest absolute Gasteiger partial charge is 0.345 e. The number of carbonyl (C=O) groups excluding carboxylic acids is 1. The van der Waals surface area contributed by atoms with E-state index < -0.39 is 0 Å². The van der Waals surface area contributed by atoms with Crippen molar-refractivity contribution >= 4 is 5.91 Å². The molecule has 1 unspecified atom stereocenters. The number of nitrogens with two attached hydrogens (primary N) is 1. The lowest BCUT2D eigenvalue weighted by molar-refractivity contribution is -0.130. The second-order valence-corrected chi connectivity index (χ2v) is 5.20. The first-order valence-corrected chi connectivity index (χ1v) is 6.63. The third-order valence-electron chi connectivity index (χ3n) is 3.26. The topological polar surface area (TPSA) is 46.3 Å².